The third kappa shape index (κ3) is 4.48. The Hall–Kier alpha value is -0.280. The molecule has 1 atom stereocenters. The molecule has 1 rings (SSSR count). The van der Waals surface area contributed by atoms with E-state index < -0.39 is 0 Å². The first-order valence-electron chi connectivity index (χ1n) is 4.54. The fourth-order valence-corrected chi connectivity index (χ4v) is 1.37. The monoisotopic (exact) mass is 206 g/mol. The minimum absolute atomic E-state index is 0. The lowest BCUT2D eigenvalue weighted by Crippen LogP contribution is -2.48. The van der Waals surface area contributed by atoms with Crippen LogP contribution in [0.25, 0.3) is 0 Å². The van der Waals surface area contributed by atoms with Gasteiger partial charge in [0.25, 0.3) is 0 Å². The van der Waals surface area contributed by atoms with Gasteiger partial charge in [-0.15, -0.1) is 12.4 Å². The first-order valence-corrected chi connectivity index (χ1v) is 4.54. The van der Waals surface area contributed by atoms with Gasteiger partial charge in [-0.25, -0.2) is 0 Å². The number of nitrogens with one attached hydrogen (secondary N) is 2. The van der Waals surface area contributed by atoms with Gasteiger partial charge in [-0.3, -0.25) is 4.79 Å². The van der Waals surface area contributed by atoms with Crippen LogP contribution in [0, 0.1) is 0 Å². The highest BCUT2D eigenvalue weighted by Crippen LogP contribution is 2.07. The van der Waals surface area contributed by atoms with Crippen LogP contribution in [-0.2, 0) is 4.79 Å². The molecule has 1 heterocycles. The lowest BCUT2D eigenvalue weighted by Gasteiger charge is -2.22. The quantitative estimate of drug-likeness (QED) is 0.674. The highest BCUT2D eigenvalue weighted by atomic mass is 35.5. The summed E-state index contributed by atoms with van der Waals surface area (Å²) in [6.07, 6.45) is 2.09. The Labute approximate surface area is 86.1 Å². The van der Waals surface area contributed by atoms with Gasteiger partial charge >= 0.3 is 0 Å². The number of hydrogen-bond acceptors (Lipinski definition) is 2. The predicted octanol–water partition coefficient (Wildman–Crippen LogP) is 1.07. The van der Waals surface area contributed by atoms with Crippen LogP contribution in [0.1, 0.15) is 33.6 Å². The summed E-state index contributed by atoms with van der Waals surface area (Å²) in [5.74, 6) is 0.139. The third-order valence-electron chi connectivity index (χ3n) is 1.88. The van der Waals surface area contributed by atoms with Crippen molar-refractivity contribution >= 4 is 18.3 Å². The van der Waals surface area contributed by atoms with E-state index in [1.807, 2.05) is 20.8 Å². The van der Waals surface area contributed by atoms with Crippen molar-refractivity contribution in [3.8, 4) is 0 Å². The molecular formula is C9H19ClN2O. The number of hydrogen-bond donors (Lipinski definition) is 2. The van der Waals surface area contributed by atoms with Crippen molar-refractivity contribution in [2.45, 2.75) is 45.2 Å². The summed E-state index contributed by atoms with van der Waals surface area (Å²) >= 11 is 0. The molecular weight excluding hydrogens is 188 g/mol. The van der Waals surface area contributed by atoms with Gasteiger partial charge in [0.2, 0.25) is 5.91 Å². The molecule has 1 saturated heterocycles. The van der Waals surface area contributed by atoms with Gasteiger partial charge in [-0.05, 0) is 40.2 Å². The highest BCUT2D eigenvalue weighted by molar-refractivity contribution is 5.85. The topological polar surface area (TPSA) is 41.1 Å². The maximum Gasteiger partial charge on any atom is 0.237 e. The standard InChI is InChI=1S/C9H18N2O.ClH/c1-9(2,3)11-8(12)7-5-4-6-10-7;/h7,10H,4-6H2,1-3H3,(H,11,12);1H/t7-;/m0./s1. The molecule has 1 fully saturated rings. The van der Waals surface area contributed by atoms with Crippen LogP contribution in [0.4, 0.5) is 0 Å². The summed E-state index contributed by atoms with van der Waals surface area (Å²) in [5.41, 5.74) is -0.110. The summed E-state index contributed by atoms with van der Waals surface area (Å²) in [5, 5.41) is 6.13. The maximum atomic E-state index is 11.5. The molecule has 3 nitrogen and oxygen atoms in total. The van der Waals surface area contributed by atoms with E-state index in [0.717, 1.165) is 19.4 Å². The second-order valence-corrected chi connectivity index (χ2v) is 4.39. The lowest BCUT2D eigenvalue weighted by atomic mass is 10.1. The minimum atomic E-state index is -0.110. The van der Waals surface area contributed by atoms with Gasteiger partial charge in [0.1, 0.15) is 0 Å². The first-order chi connectivity index (χ1) is 5.49. The predicted molar refractivity (Wildman–Crippen MR) is 56.2 cm³/mol. The van der Waals surface area contributed by atoms with Gasteiger partial charge in [0.15, 0.2) is 0 Å². The zero-order valence-electron chi connectivity index (χ0n) is 8.52. The normalized spacial score (nSPS) is 22.2. The molecule has 0 radical (unpaired) electrons. The third-order valence-corrected chi connectivity index (χ3v) is 1.88. The smallest absolute Gasteiger partial charge is 0.237 e. The second kappa shape index (κ2) is 4.82. The van der Waals surface area contributed by atoms with Crippen LogP contribution in [0.3, 0.4) is 0 Å². The fraction of sp³-hybridized carbons (Fsp3) is 0.889. The van der Waals surface area contributed by atoms with Crippen LogP contribution in [-0.4, -0.2) is 24.0 Å². The lowest BCUT2D eigenvalue weighted by molar-refractivity contribution is -0.124. The molecule has 0 aromatic carbocycles. The number of amides is 1. The Balaban J connectivity index is 0.00000144. The summed E-state index contributed by atoms with van der Waals surface area (Å²) in [7, 11) is 0. The van der Waals surface area contributed by atoms with Crippen molar-refractivity contribution in [1.82, 2.24) is 10.6 Å². The molecule has 0 aliphatic carbocycles. The molecule has 1 aliphatic heterocycles. The second-order valence-electron chi connectivity index (χ2n) is 4.39. The van der Waals surface area contributed by atoms with Crippen molar-refractivity contribution in [2.24, 2.45) is 0 Å². The molecule has 0 unspecified atom stereocenters. The van der Waals surface area contributed by atoms with E-state index in [-0.39, 0.29) is 29.9 Å². The molecule has 0 saturated carbocycles. The highest BCUT2D eigenvalue weighted by Gasteiger charge is 2.24. The molecule has 2 N–H and O–H groups in total. The zero-order chi connectivity index (χ0) is 9.19. The van der Waals surface area contributed by atoms with E-state index >= 15 is 0 Å². The van der Waals surface area contributed by atoms with Gasteiger partial charge in [-0.1, -0.05) is 0 Å². The largest absolute Gasteiger partial charge is 0.350 e. The van der Waals surface area contributed by atoms with E-state index in [4.69, 9.17) is 0 Å². The number of rotatable bonds is 1. The molecule has 0 spiro atoms. The van der Waals surface area contributed by atoms with Crippen molar-refractivity contribution in [2.75, 3.05) is 6.54 Å². The average molecular weight is 207 g/mol. The molecule has 0 aromatic heterocycles. The number of halogens is 1. The number of carbonyl (C=O) groups is 1. The molecule has 0 aromatic rings. The van der Waals surface area contributed by atoms with Gasteiger partial charge < -0.3 is 10.6 Å². The first kappa shape index (κ1) is 12.7. The Morgan fingerprint density at radius 3 is 2.46 bits per heavy atom. The van der Waals surface area contributed by atoms with E-state index in [1.165, 1.54) is 0 Å². The van der Waals surface area contributed by atoms with Gasteiger partial charge in [-0.2, -0.15) is 0 Å². The Morgan fingerprint density at radius 2 is 2.08 bits per heavy atom. The summed E-state index contributed by atoms with van der Waals surface area (Å²) in [6.45, 7) is 6.97. The molecule has 1 aliphatic rings. The Bertz CT molecular complexity index is 171. The minimum Gasteiger partial charge on any atom is -0.350 e. The van der Waals surface area contributed by atoms with Gasteiger partial charge in [0, 0.05) is 5.54 Å². The van der Waals surface area contributed by atoms with E-state index in [1.54, 1.807) is 0 Å². The maximum absolute atomic E-state index is 11.5. The summed E-state index contributed by atoms with van der Waals surface area (Å²) in [6, 6.07) is 0.0456. The fourth-order valence-electron chi connectivity index (χ4n) is 1.37. The van der Waals surface area contributed by atoms with Crippen LogP contribution in [0.5, 0.6) is 0 Å². The Kier molecular flexibility index (Phi) is 4.71. The van der Waals surface area contributed by atoms with E-state index in [9.17, 15) is 4.79 Å². The van der Waals surface area contributed by atoms with Crippen molar-refractivity contribution in [1.29, 1.82) is 0 Å². The average Bonchev–Trinajstić information content (AvgIpc) is 2.32. The van der Waals surface area contributed by atoms with E-state index in [0.29, 0.717) is 0 Å². The molecule has 0 bridgehead atoms. The van der Waals surface area contributed by atoms with Crippen LogP contribution >= 0.6 is 12.4 Å². The molecule has 13 heavy (non-hydrogen) atoms. The van der Waals surface area contributed by atoms with Crippen molar-refractivity contribution in [3.63, 3.8) is 0 Å². The number of carbonyl (C=O) groups excluding carboxylic acids is 1. The van der Waals surface area contributed by atoms with Crippen LogP contribution in [0.2, 0.25) is 0 Å². The molecule has 4 heteroatoms. The molecule has 1 amide bonds. The summed E-state index contributed by atoms with van der Waals surface area (Å²) < 4.78 is 0. The van der Waals surface area contributed by atoms with Crippen LogP contribution < -0.4 is 10.6 Å². The van der Waals surface area contributed by atoms with Crippen molar-refractivity contribution < 1.29 is 4.79 Å². The summed E-state index contributed by atoms with van der Waals surface area (Å²) in [4.78, 5) is 11.5. The van der Waals surface area contributed by atoms with Crippen LogP contribution in [0.15, 0.2) is 0 Å². The van der Waals surface area contributed by atoms with Crippen molar-refractivity contribution in [3.05, 3.63) is 0 Å². The zero-order valence-corrected chi connectivity index (χ0v) is 9.33. The van der Waals surface area contributed by atoms with E-state index in [2.05, 4.69) is 10.6 Å². The van der Waals surface area contributed by atoms with Gasteiger partial charge in [0.05, 0.1) is 6.04 Å². The Morgan fingerprint density at radius 1 is 1.46 bits per heavy atom. The SMILES string of the molecule is CC(C)(C)NC(=O)[C@@H]1CCCN1.Cl. The molecule has 78 valence electrons.